The van der Waals surface area contributed by atoms with Crippen molar-refractivity contribution in [1.29, 1.82) is 0 Å². The molecule has 0 saturated heterocycles. The molecule has 3 heteroatoms. The van der Waals surface area contributed by atoms with Gasteiger partial charge in [0.2, 0.25) is 0 Å². The topological polar surface area (TPSA) is 35.5 Å². The van der Waals surface area contributed by atoms with E-state index in [4.69, 9.17) is 9.47 Å². The van der Waals surface area contributed by atoms with Crippen LogP contribution in [0.25, 0.3) is 0 Å². The van der Waals surface area contributed by atoms with Crippen LogP contribution >= 0.6 is 0 Å². The van der Waals surface area contributed by atoms with E-state index in [-0.39, 0.29) is 23.9 Å². The van der Waals surface area contributed by atoms with Crippen LogP contribution in [-0.4, -0.2) is 19.2 Å². The minimum atomic E-state index is -0.223. The van der Waals surface area contributed by atoms with E-state index in [9.17, 15) is 4.79 Å². The van der Waals surface area contributed by atoms with Crippen molar-refractivity contribution >= 4 is 5.97 Å². The van der Waals surface area contributed by atoms with Crippen molar-refractivity contribution in [3.05, 3.63) is 29.3 Å². The molecule has 0 saturated carbocycles. The maximum atomic E-state index is 11.8. The first-order chi connectivity index (χ1) is 8.74. The van der Waals surface area contributed by atoms with E-state index in [1.807, 2.05) is 32.0 Å². The summed E-state index contributed by atoms with van der Waals surface area (Å²) in [6.07, 6.45) is 0.148. The van der Waals surface area contributed by atoms with Crippen LogP contribution < -0.4 is 4.74 Å². The Bertz CT molecular complexity index is 442. The molecule has 0 unspecified atom stereocenters. The normalized spacial score (nSPS) is 11.5. The Labute approximate surface area is 115 Å². The average molecular weight is 264 g/mol. The fourth-order valence-electron chi connectivity index (χ4n) is 1.84. The molecular formula is C16H24O3. The molecule has 0 spiro atoms. The Morgan fingerprint density at radius 2 is 1.89 bits per heavy atom. The molecule has 0 aromatic heterocycles. The summed E-state index contributed by atoms with van der Waals surface area (Å²) >= 11 is 0. The summed E-state index contributed by atoms with van der Waals surface area (Å²) in [7, 11) is 1.61. The van der Waals surface area contributed by atoms with Gasteiger partial charge >= 0.3 is 5.97 Å². The highest BCUT2D eigenvalue weighted by Crippen LogP contribution is 2.28. The molecule has 3 nitrogen and oxygen atoms in total. The Hall–Kier alpha value is -1.51. The number of esters is 1. The molecule has 0 N–H and O–H groups in total. The van der Waals surface area contributed by atoms with Crippen molar-refractivity contribution in [2.24, 2.45) is 0 Å². The van der Waals surface area contributed by atoms with Crippen LogP contribution in [-0.2, 0) is 21.4 Å². The second-order valence-electron chi connectivity index (χ2n) is 5.99. The summed E-state index contributed by atoms with van der Waals surface area (Å²) in [5.74, 6) is 0.507. The van der Waals surface area contributed by atoms with E-state index in [0.717, 1.165) is 11.3 Å². The monoisotopic (exact) mass is 264 g/mol. The van der Waals surface area contributed by atoms with Gasteiger partial charge in [0.1, 0.15) is 5.75 Å². The van der Waals surface area contributed by atoms with Gasteiger partial charge in [0.05, 0.1) is 19.6 Å². The van der Waals surface area contributed by atoms with Crippen LogP contribution in [0.1, 0.15) is 45.7 Å². The third-order valence-electron chi connectivity index (χ3n) is 2.85. The summed E-state index contributed by atoms with van der Waals surface area (Å²) in [5.41, 5.74) is 2.10. The third-order valence-corrected chi connectivity index (χ3v) is 2.85. The summed E-state index contributed by atoms with van der Waals surface area (Å²) in [5, 5.41) is 0. The lowest BCUT2D eigenvalue weighted by Gasteiger charge is -2.21. The lowest BCUT2D eigenvalue weighted by molar-refractivity contribution is -0.146. The number of ether oxygens (including phenoxy) is 2. The lowest BCUT2D eigenvalue weighted by Crippen LogP contribution is -2.16. The van der Waals surface area contributed by atoms with Crippen LogP contribution in [0, 0.1) is 0 Å². The lowest BCUT2D eigenvalue weighted by atomic mass is 9.85. The van der Waals surface area contributed by atoms with Crippen LogP contribution in [0.15, 0.2) is 18.2 Å². The van der Waals surface area contributed by atoms with E-state index < -0.39 is 0 Å². The number of carbonyl (C=O) groups excluding carboxylic acids is 1. The fraction of sp³-hybridized carbons (Fsp3) is 0.562. The van der Waals surface area contributed by atoms with Gasteiger partial charge in [-0.15, -0.1) is 0 Å². The highest BCUT2D eigenvalue weighted by Gasteiger charge is 2.18. The van der Waals surface area contributed by atoms with Crippen molar-refractivity contribution in [3.8, 4) is 5.75 Å². The summed E-state index contributed by atoms with van der Waals surface area (Å²) in [6.45, 7) is 10.1. The number of rotatable bonds is 4. The standard InChI is InChI=1S/C16H24O3/c1-11(2)19-15(17)10-12-9-13(16(3,4)5)7-8-14(12)18-6/h7-9,11H,10H2,1-6H3. The molecule has 1 aromatic carbocycles. The van der Waals surface area contributed by atoms with Crippen molar-refractivity contribution in [1.82, 2.24) is 0 Å². The van der Waals surface area contributed by atoms with Gasteiger partial charge in [0, 0.05) is 5.56 Å². The van der Waals surface area contributed by atoms with Crippen molar-refractivity contribution in [2.45, 2.75) is 52.6 Å². The van der Waals surface area contributed by atoms with Gasteiger partial charge in [-0.25, -0.2) is 0 Å². The Balaban J connectivity index is 3.00. The molecule has 0 heterocycles. The van der Waals surface area contributed by atoms with Crippen LogP contribution in [0.4, 0.5) is 0 Å². The molecule has 0 aliphatic rings. The van der Waals surface area contributed by atoms with E-state index in [1.165, 1.54) is 5.56 Å². The van der Waals surface area contributed by atoms with Crippen molar-refractivity contribution < 1.29 is 14.3 Å². The quantitative estimate of drug-likeness (QED) is 0.781. The molecule has 0 aliphatic carbocycles. The highest BCUT2D eigenvalue weighted by molar-refractivity contribution is 5.74. The first-order valence-corrected chi connectivity index (χ1v) is 6.61. The van der Waals surface area contributed by atoms with Gasteiger partial charge in [-0.1, -0.05) is 32.9 Å². The van der Waals surface area contributed by atoms with Gasteiger partial charge in [0.15, 0.2) is 0 Å². The van der Waals surface area contributed by atoms with E-state index >= 15 is 0 Å². The average Bonchev–Trinajstić information content (AvgIpc) is 2.26. The Morgan fingerprint density at radius 1 is 1.26 bits per heavy atom. The molecule has 0 bridgehead atoms. The Morgan fingerprint density at radius 3 is 2.37 bits per heavy atom. The molecule has 19 heavy (non-hydrogen) atoms. The van der Waals surface area contributed by atoms with Crippen molar-refractivity contribution in [2.75, 3.05) is 7.11 Å². The number of hydrogen-bond donors (Lipinski definition) is 0. The number of carbonyl (C=O) groups is 1. The summed E-state index contributed by atoms with van der Waals surface area (Å²) in [4.78, 5) is 11.8. The third kappa shape index (κ3) is 4.58. The smallest absolute Gasteiger partial charge is 0.310 e. The predicted octanol–water partition coefficient (Wildman–Crippen LogP) is 3.49. The van der Waals surface area contributed by atoms with Crippen molar-refractivity contribution in [3.63, 3.8) is 0 Å². The number of hydrogen-bond acceptors (Lipinski definition) is 3. The zero-order valence-corrected chi connectivity index (χ0v) is 12.7. The second-order valence-corrected chi connectivity index (χ2v) is 5.99. The van der Waals surface area contributed by atoms with Crippen LogP contribution in [0.3, 0.4) is 0 Å². The van der Waals surface area contributed by atoms with Crippen LogP contribution in [0.5, 0.6) is 5.75 Å². The molecule has 0 aliphatic heterocycles. The summed E-state index contributed by atoms with van der Waals surface area (Å²) in [6, 6.07) is 5.98. The highest BCUT2D eigenvalue weighted by atomic mass is 16.5. The molecule has 1 rings (SSSR count). The first-order valence-electron chi connectivity index (χ1n) is 6.61. The van der Waals surface area contributed by atoms with E-state index in [0.29, 0.717) is 0 Å². The zero-order chi connectivity index (χ0) is 14.6. The number of benzene rings is 1. The number of methoxy groups -OCH3 is 1. The van der Waals surface area contributed by atoms with Gasteiger partial charge in [-0.2, -0.15) is 0 Å². The molecule has 106 valence electrons. The van der Waals surface area contributed by atoms with Gasteiger partial charge in [-0.3, -0.25) is 4.79 Å². The van der Waals surface area contributed by atoms with Gasteiger partial charge < -0.3 is 9.47 Å². The molecule has 0 atom stereocenters. The maximum absolute atomic E-state index is 11.8. The molecular weight excluding hydrogens is 240 g/mol. The van der Waals surface area contributed by atoms with Gasteiger partial charge in [0.25, 0.3) is 0 Å². The largest absolute Gasteiger partial charge is 0.496 e. The first kappa shape index (κ1) is 15.5. The maximum Gasteiger partial charge on any atom is 0.310 e. The van der Waals surface area contributed by atoms with Gasteiger partial charge in [-0.05, 0) is 30.9 Å². The van der Waals surface area contributed by atoms with E-state index in [1.54, 1.807) is 7.11 Å². The minimum absolute atomic E-state index is 0.0446. The zero-order valence-electron chi connectivity index (χ0n) is 12.7. The Kier molecular flexibility index (Phi) is 4.98. The molecule has 1 aromatic rings. The van der Waals surface area contributed by atoms with E-state index in [2.05, 4.69) is 20.8 Å². The minimum Gasteiger partial charge on any atom is -0.496 e. The SMILES string of the molecule is COc1ccc(C(C)(C)C)cc1CC(=O)OC(C)C. The predicted molar refractivity (Wildman–Crippen MR) is 76.6 cm³/mol. The summed E-state index contributed by atoms with van der Waals surface area (Å²) < 4.78 is 10.5. The van der Waals surface area contributed by atoms with Crippen LogP contribution in [0.2, 0.25) is 0 Å². The fourth-order valence-corrected chi connectivity index (χ4v) is 1.84. The molecule has 0 radical (unpaired) electrons. The molecule has 0 amide bonds. The molecule has 0 fully saturated rings. The second kappa shape index (κ2) is 6.09.